The Morgan fingerprint density at radius 3 is 1.73 bits per heavy atom. The topological polar surface area (TPSA) is 56.7 Å². The summed E-state index contributed by atoms with van der Waals surface area (Å²) in [5.41, 5.74) is 12.1. The fourth-order valence-corrected chi connectivity index (χ4v) is 10.4. The number of nitrogens with zero attached hydrogens (tertiary/aromatic N) is 4. The van der Waals surface area contributed by atoms with Gasteiger partial charge in [0.2, 0.25) is 5.95 Å². The predicted molar refractivity (Wildman–Crippen MR) is 262 cm³/mol. The number of hydrogen-bond donors (Lipinski definition) is 0. The van der Waals surface area contributed by atoms with Crippen LogP contribution in [0, 0.1) is 0 Å². The first-order valence-corrected chi connectivity index (χ1v) is 21.9. The number of hydrogen-bond acceptors (Lipinski definition) is 5. The van der Waals surface area contributed by atoms with E-state index in [-0.39, 0.29) is 0 Å². The van der Waals surface area contributed by atoms with Crippen LogP contribution in [-0.4, -0.2) is 19.5 Å². The Bertz CT molecular complexity index is 3850. The van der Waals surface area contributed by atoms with Crippen LogP contribution in [0.3, 0.4) is 0 Å². The molecule has 4 heterocycles. The van der Waals surface area contributed by atoms with Gasteiger partial charge in [0.15, 0.2) is 11.6 Å². The normalized spacial score (nSPS) is 11.8. The first kappa shape index (κ1) is 35.6. The molecule has 63 heavy (non-hydrogen) atoms. The fourth-order valence-electron chi connectivity index (χ4n) is 9.30. The number of fused-ring (bicyclic) bond motifs is 9. The number of furan rings is 1. The van der Waals surface area contributed by atoms with Crippen molar-refractivity contribution in [2.45, 2.75) is 0 Å². The Labute approximate surface area is 365 Å². The minimum Gasteiger partial charge on any atom is -0.456 e. The number of rotatable bonds is 6. The second kappa shape index (κ2) is 14.2. The van der Waals surface area contributed by atoms with Crippen LogP contribution in [0.2, 0.25) is 0 Å². The van der Waals surface area contributed by atoms with Crippen LogP contribution in [0.4, 0.5) is 0 Å². The lowest BCUT2D eigenvalue weighted by Crippen LogP contribution is -2.06. The van der Waals surface area contributed by atoms with E-state index in [1.807, 2.05) is 23.5 Å². The zero-order chi connectivity index (χ0) is 41.4. The van der Waals surface area contributed by atoms with Gasteiger partial charge in [-0.1, -0.05) is 146 Å². The average molecular weight is 823 g/mol. The van der Waals surface area contributed by atoms with Crippen LogP contribution in [0.5, 0.6) is 0 Å². The van der Waals surface area contributed by atoms with Crippen molar-refractivity contribution < 1.29 is 4.42 Å². The lowest BCUT2D eigenvalue weighted by molar-refractivity contribution is 0.669. The minimum atomic E-state index is 0.544. The molecule has 13 aromatic rings. The summed E-state index contributed by atoms with van der Waals surface area (Å²) >= 11 is 1.83. The zero-order valence-electron chi connectivity index (χ0n) is 33.7. The summed E-state index contributed by atoms with van der Waals surface area (Å²) in [7, 11) is 0. The molecule has 0 saturated carbocycles. The van der Waals surface area contributed by atoms with E-state index < -0.39 is 0 Å². The first-order valence-electron chi connectivity index (χ1n) is 21.1. The van der Waals surface area contributed by atoms with Crippen molar-refractivity contribution in [3.8, 4) is 62.1 Å². The van der Waals surface area contributed by atoms with Gasteiger partial charge in [-0.25, -0.2) is 4.98 Å². The molecular weight excluding hydrogens is 789 g/mol. The smallest absolute Gasteiger partial charge is 0.238 e. The van der Waals surface area contributed by atoms with Crippen molar-refractivity contribution in [3.63, 3.8) is 0 Å². The van der Waals surface area contributed by atoms with Gasteiger partial charge in [-0.05, 0) is 94.0 Å². The molecule has 0 unspecified atom stereocenters. The van der Waals surface area contributed by atoms with Crippen molar-refractivity contribution >= 4 is 75.3 Å². The second-order valence-corrected chi connectivity index (χ2v) is 17.1. The van der Waals surface area contributed by atoms with Crippen molar-refractivity contribution in [2.75, 3.05) is 0 Å². The van der Waals surface area contributed by atoms with E-state index in [1.54, 1.807) is 0 Å². The van der Waals surface area contributed by atoms with E-state index in [1.165, 1.54) is 20.2 Å². The summed E-state index contributed by atoms with van der Waals surface area (Å²) in [5.74, 6) is 1.68. The Balaban J connectivity index is 1.08. The summed E-state index contributed by atoms with van der Waals surface area (Å²) in [6, 6.07) is 72.6. The molecule has 0 aliphatic rings. The molecule has 0 atom stereocenters. The van der Waals surface area contributed by atoms with Gasteiger partial charge in [-0.3, -0.25) is 4.57 Å². The summed E-state index contributed by atoms with van der Waals surface area (Å²) in [6.07, 6.45) is 0. The van der Waals surface area contributed by atoms with Gasteiger partial charge in [-0.2, -0.15) is 9.97 Å². The van der Waals surface area contributed by atoms with Gasteiger partial charge in [0, 0.05) is 52.8 Å². The van der Waals surface area contributed by atoms with Gasteiger partial charge >= 0.3 is 0 Å². The third-order valence-electron chi connectivity index (χ3n) is 12.2. The predicted octanol–water partition coefficient (Wildman–Crippen LogP) is 15.6. The fraction of sp³-hybridized carbons (Fsp3) is 0. The molecule has 13 rings (SSSR count). The van der Waals surface area contributed by atoms with E-state index in [9.17, 15) is 0 Å². The third-order valence-corrected chi connectivity index (χ3v) is 13.4. The molecule has 6 heteroatoms. The van der Waals surface area contributed by atoms with Crippen molar-refractivity contribution in [1.82, 2.24) is 19.5 Å². The molecule has 9 aromatic carbocycles. The van der Waals surface area contributed by atoms with E-state index in [0.717, 1.165) is 88.3 Å². The molecule has 294 valence electrons. The highest BCUT2D eigenvalue weighted by atomic mass is 32.1. The molecule has 5 nitrogen and oxygen atoms in total. The molecule has 0 radical (unpaired) electrons. The number of para-hydroxylation sites is 1. The van der Waals surface area contributed by atoms with Gasteiger partial charge in [0.1, 0.15) is 11.2 Å². The van der Waals surface area contributed by atoms with E-state index in [4.69, 9.17) is 19.4 Å². The van der Waals surface area contributed by atoms with E-state index in [2.05, 4.69) is 199 Å². The lowest BCUT2D eigenvalue weighted by Gasteiger charge is -2.13. The Morgan fingerprint density at radius 2 is 0.984 bits per heavy atom. The van der Waals surface area contributed by atoms with Crippen molar-refractivity contribution in [2.24, 2.45) is 0 Å². The molecule has 0 aliphatic carbocycles. The number of thiophene rings is 1. The molecule has 0 amide bonds. The largest absolute Gasteiger partial charge is 0.456 e. The maximum atomic E-state index is 6.63. The van der Waals surface area contributed by atoms with E-state index >= 15 is 0 Å². The monoisotopic (exact) mass is 822 g/mol. The van der Waals surface area contributed by atoms with Gasteiger partial charge in [0.05, 0.1) is 11.0 Å². The number of aromatic nitrogens is 4. The Kier molecular flexibility index (Phi) is 8.01. The Morgan fingerprint density at radius 1 is 0.349 bits per heavy atom. The first-order chi connectivity index (χ1) is 31.2. The van der Waals surface area contributed by atoms with Crippen molar-refractivity contribution in [3.05, 3.63) is 206 Å². The molecule has 0 fully saturated rings. The second-order valence-electron chi connectivity index (χ2n) is 16.0. The van der Waals surface area contributed by atoms with Crippen LogP contribution in [0.1, 0.15) is 0 Å². The number of benzene rings is 9. The highest BCUT2D eigenvalue weighted by Crippen LogP contribution is 2.42. The molecule has 0 saturated heterocycles. The molecular formula is C57H34N4OS. The molecule has 0 bridgehead atoms. The van der Waals surface area contributed by atoms with Crippen LogP contribution in [0.15, 0.2) is 211 Å². The van der Waals surface area contributed by atoms with Crippen LogP contribution >= 0.6 is 11.3 Å². The standard InChI is InChI=1S/C57H34N4OS/c1-4-15-35(16-5-1)39-29-40(36-17-6-2-7-18-36)31-41(30-39)56-58-55(38-27-28-45-51(32-38)62-50-25-14-23-42(54(45)50)37-19-8-3-9-20-37)59-57(60-56)61-48-24-12-10-21-43(48)46-34-53-47(33-49(46)61)44-22-11-13-26-52(44)63-53/h1-34H. The minimum absolute atomic E-state index is 0.544. The quantitative estimate of drug-likeness (QED) is 0.168. The van der Waals surface area contributed by atoms with Gasteiger partial charge in [-0.15, -0.1) is 11.3 Å². The Hall–Kier alpha value is -8.19. The molecule has 0 aliphatic heterocycles. The average Bonchev–Trinajstić information content (AvgIpc) is 4.02. The zero-order valence-corrected chi connectivity index (χ0v) is 34.6. The van der Waals surface area contributed by atoms with Crippen LogP contribution < -0.4 is 0 Å². The summed E-state index contributed by atoms with van der Waals surface area (Å²) < 4.78 is 11.4. The highest BCUT2D eigenvalue weighted by Gasteiger charge is 2.21. The molecule has 4 aromatic heterocycles. The highest BCUT2D eigenvalue weighted by molar-refractivity contribution is 7.25. The van der Waals surface area contributed by atoms with Crippen LogP contribution in [0.25, 0.3) is 126 Å². The van der Waals surface area contributed by atoms with E-state index in [0.29, 0.717) is 17.6 Å². The van der Waals surface area contributed by atoms with Crippen LogP contribution in [-0.2, 0) is 0 Å². The lowest BCUT2D eigenvalue weighted by atomic mass is 9.96. The summed E-state index contributed by atoms with van der Waals surface area (Å²) in [6.45, 7) is 0. The maximum absolute atomic E-state index is 6.63. The van der Waals surface area contributed by atoms with Crippen molar-refractivity contribution in [1.29, 1.82) is 0 Å². The summed E-state index contributed by atoms with van der Waals surface area (Å²) in [5, 5.41) is 6.89. The van der Waals surface area contributed by atoms with Gasteiger partial charge < -0.3 is 4.42 Å². The SMILES string of the molecule is c1ccc(-c2cc(-c3ccccc3)cc(-c3nc(-c4ccc5c(c4)oc4cccc(-c6ccccc6)c45)nc(-n4c5ccccc5c5cc6sc7ccccc7c6cc54)n3)c2)cc1. The molecule has 0 N–H and O–H groups in total. The third kappa shape index (κ3) is 5.87. The molecule has 0 spiro atoms. The summed E-state index contributed by atoms with van der Waals surface area (Å²) in [4.78, 5) is 16.2. The maximum Gasteiger partial charge on any atom is 0.238 e. The van der Waals surface area contributed by atoms with Gasteiger partial charge in [0.25, 0.3) is 0 Å².